The smallest absolute Gasteiger partial charge is 0.293 e. The maximum absolute atomic E-state index is 13.0. The van der Waals surface area contributed by atoms with Crippen molar-refractivity contribution in [1.29, 1.82) is 0 Å². The normalized spacial score (nSPS) is 11.5. The fourth-order valence-electron chi connectivity index (χ4n) is 3.34. The van der Waals surface area contributed by atoms with E-state index in [0.717, 1.165) is 11.4 Å². The molecular weight excluding hydrogens is 416 g/mol. The topological polar surface area (TPSA) is 99.7 Å². The van der Waals surface area contributed by atoms with Crippen molar-refractivity contribution >= 4 is 23.2 Å². The number of nitrogens with two attached hydrogens (primary N) is 1. The highest BCUT2D eigenvalue weighted by atomic mass is 32.1. The molecule has 0 radical (unpaired) electrons. The van der Waals surface area contributed by atoms with Crippen molar-refractivity contribution in [3.8, 4) is 40.3 Å². The van der Waals surface area contributed by atoms with Gasteiger partial charge in [0.25, 0.3) is 11.8 Å². The van der Waals surface area contributed by atoms with E-state index < -0.39 is 5.91 Å². The van der Waals surface area contributed by atoms with E-state index in [4.69, 9.17) is 15.2 Å². The van der Waals surface area contributed by atoms with E-state index in [9.17, 15) is 9.59 Å². The summed E-state index contributed by atoms with van der Waals surface area (Å²) in [6.07, 6.45) is 0. The van der Waals surface area contributed by atoms with Crippen LogP contribution in [0.5, 0.6) is 11.5 Å². The average Bonchev–Trinajstić information content (AvgIpc) is 3.43. The zero-order valence-corrected chi connectivity index (χ0v) is 18.1. The zero-order valence-electron chi connectivity index (χ0n) is 17.3. The number of thiophene rings is 1. The standard InChI is InChI=1S/C22H20N4O4S/c1-4-25(2)22(28)20-16-11-30-18-10-17(29-3)13(5-6-19(23)27)9-15(18)21(16)26(24-20)14-7-8-31-12-14/h7-10,12H,4,11H2,1-3H3,(H2,23,27). The molecular formula is C22H20N4O4S. The Hall–Kier alpha value is -3.77. The van der Waals surface area contributed by atoms with Crippen molar-refractivity contribution in [3.05, 3.63) is 45.8 Å². The van der Waals surface area contributed by atoms with Gasteiger partial charge in [-0.25, -0.2) is 4.68 Å². The van der Waals surface area contributed by atoms with Crippen LogP contribution < -0.4 is 15.2 Å². The molecule has 1 aliphatic rings. The van der Waals surface area contributed by atoms with Crippen LogP contribution in [0.2, 0.25) is 0 Å². The molecule has 0 bridgehead atoms. The van der Waals surface area contributed by atoms with Crippen molar-refractivity contribution < 1.29 is 19.1 Å². The quantitative estimate of drug-likeness (QED) is 0.633. The maximum Gasteiger partial charge on any atom is 0.293 e. The van der Waals surface area contributed by atoms with Gasteiger partial charge >= 0.3 is 0 Å². The number of benzene rings is 1. The highest BCUT2D eigenvalue weighted by Crippen LogP contribution is 2.43. The van der Waals surface area contributed by atoms with E-state index in [2.05, 4.69) is 16.9 Å². The van der Waals surface area contributed by atoms with Crippen LogP contribution in [0, 0.1) is 11.8 Å². The van der Waals surface area contributed by atoms with Gasteiger partial charge in [0.05, 0.1) is 24.1 Å². The van der Waals surface area contributed by atoms with E-state index in [-0.39, 0.29) is 12.5 Å². The first-order valence-corrected chi connectivity index (χ1v) is 10.5. The summed E-state index contributed by atoms with van der Waals surface area (Å²) in [7, 11) is 3.25. The minimum absolute atomic E-state index is 0.179. The molecule has 158 valence electrons. The van der Waals surface area contributed by atoms with Crippen LogP contribution in [0.15, 0.2) is 29.0 Å². The number of carbonyl (C=O) groups excluding carboxylic acids is 2. The molecule has 0 atom stereocenters. The van der Waals surface area contributed by atoms with E-state index >= 15 is 0 Å². The third kappa shape index (κ3) is 3.62. The number of primary amides is 1. The van der Waals surface area contributed by atoms with Gasteiger partial charge in [0.2, 0.25) is 0 Å². The fraction of sp³-hybridized carbons (Fsp3) is 0.227. The van der Waals surface area contributed by atoms with Crippen LogP contribution in [0.1, 0.15) is 28.5 Å². The van der Waals surface area contributed by atoms with Crippen molar-refractivity contribution in [3.63, 3.8) is 0 Å². The Kier molecular flexibility index (Phi) is 5.40. The molecule has 8 nitrogen and oxygen atoms in total. The van der Waals surface area contributed by atoms with Gasteiger partial charge in [0, 0.05) is 42.1 Å². The van der Waals surface area contributed by atoms with Gasteiger partial charge in [0.15, 0.2) is 5.69 Å². The predicted molar refractivity (Wildman–Crippen MR) is 116 cm³/mol. The summed E-state index contributed by atoms with van der Waals surface area (Å²) in [4.78, 5) is 25.8. The van der Waals surface area contributed by atoms with E-state index in [1.54, 1.807) is 28.8 Å². The lowest BCUT2D eigenvalue weighted by Crippen LogP contribution is -2.28. The van der Waals surface area contributed by atoms with Crippen LogP contribution in [-0.2, 0) is 11.4 Å². The summed E-state index contributed by atoms with van der Waals surface area (Å²) in [5.74, 6) is 5.21. The van der Waals surface area contributed by atoms with Gasteiger partial charge in [-0.2, -0.15) is 16.4 Å². The van der Waals surface area contributed by atoms with Gasteiger partial charge < -0.3 is 20.1 Å². The number of nitrogens with zero attached hydrogens (tertiary/aromatic N) is 3. The van der Waals surface area contributed by atoms with Gasteiger partial charge in [0.1, 0.15) is 18.1 Å². The molecule has 9 heteroatoms. The van der Waals surface area contributed by atoms with Crippen molar-refractivity contribution in [2.24, 2.45) is 5.73 Å². The molecule has 1 aromatic carbocycles. The minimum Gasteiger partial charge on any atom is -0.495 e. The van der Waals surface area contributed by atoms with Crippen LogP contribution in [0.3, 0.4) is 0 Å². The number of amides is 2. The average molecular weight is 436 g/mol. The lowest BCUT2D eigenvalue weighted by molar-refractivity contribution is -0.112. The molecule has 4 rings (SSSR count). The summed E-state index contributed by atoms with van der Waals surface area (Å²) in [5.41, 5.74) is 8.99. The van der Waals surface area contributed by atoms with Crippen LogP contribution in [0.4, 0.5) is 0 Å². The van der Waals surface area contributed by atoms with Gasteiger partial charge in [-0.3, -0.25) is 9.59 Å². The molecule has 0 fully saturated rings. The Bertz CT molecular complexity index is 1230. The van der Waals surface area contributed by atoms with Crippen LogP contribution in [0.25, 0.3) is 16.9 Å². The van der Waals surface area contributed by atoms with E-state index in [1.165, 1.54) is 18.4 Å². The molecule has 0 unspecified atom stereocenters. The summed E-state index contributed by atoms with van der Waals surface area (Å²) in [5, 5.41) is 8.56. The third-order valence-corrected chi connectivity index (χ3v) is 5.68. The second-order valence-corrected chi connectivity index (χ2v) is 7.62. The molecule has 0 aliphatic carbocycles. The monoisotopic (exact) mass is 436 g/mol. The zero-order chi connectivity index (χ0) is 22.1. The lowest BCUT2D eigenvalue weighted by atomic mass is 9.99. The Morgan fingerprint density at radius 1 is 1.42 bits per heavy atom. The number of ether oxygens (including phenoxy) is 2. The summed E-state index contributed by atoms with van der Waals surface area (Å²) in [6, 6.07) is 5.42. The first-order valence-electron chi connectivity index (χ1n) is 9.51. The molecule has 2 amide bonds. The maximum atomic E-state index is 13.0. The van der Waals surface area contributed by atoms with Crippen molar-refractivity contribution in [2.75, 3.05) is 20.7 Å². The SMILES string of the molecule is CCN(C)C(=O)c1nn(-c2ccsc2)c2c1COc1cc(OC)c(C#CC(N)=O)cc1-2. The lowest BCUT2D eigenvalue weighted by Gasteiger charge is -2.21. The number of carbonyl (C=O) groups is 2. The molecule has 3 heterocycles. The molecule has 0 saturated carbocycles. The number of hydrogen-bond acceptors (Lipinski definition) is 6. The van der Waals surface area contributed by atoms with Crippen molar-refractivity contribution in [1.82, 2.24) is 14.7 Å². The Morgan fingerprint density at radius 3 is 2.87 bits per heavy atom. The third-order valence-electron chi connectivity index (χ3n) is 5.01. The number of methoxy groups -OCH3 is 1. The predicted octanol–water partition coefficient (Wildman–Crippen LogP) is 2.43. The first kappa shape index (κ1) is 20.5. The van der Waals surface area contributed by atoms with E-state index in [0.29, 0.717) is 40.4 Å². The number of rotatable bonds is 4. The van der Waals surface area contributed by atoms with Gasteiger partial charge in [-0.1, -0.05) is 5.92 Å². The molecule has 0 spiro atoms. The summed E-state index contributed by atoms with van der Waals surface area (Å²) >= 11 is 1.53. The number of fused-ring (bicyclic) bond motifs is 3. The Morgan fingerprint density at radius 2 is 2.23 bits per heavy atom. The summed E-state index contributed by atoms with van der Waals surface area (Å²) in [6.45, 7) is 2.66. The fourth-order valence-corrected chi connectivity index (χ4v) is 3.95. The Balaban J connectivity index is 1.97. The summed E-state index contributed by atoms with van der Waals surface area (Å²) < 4.78 is 13.1. The number of aromatic nitrogens is 2. The van der Waals surface area contributed by atoms with Gasteiger partial charge in [-0.15, -0.1) is 0 Å². The van der Waals surface area contributed by atoms with Crippen LogP contribution >= 0.6 is 11.3 Å². The molecule has 31 heavy (non-hydrogen) atoms. The Labute approximate surface area is 183 Å². The minimum atomic E-state index is -0.740. The molecule has 2 aromatic heterocycles. The second kappa shape index (κ2) is 8.16. The van der Waals surface area contributed by atoms with Crippen LogP contribution in [-0.4, -0.2) is 47.2 Å². The number of hydrogen-bond donors (Lipinski definition) is 1. The molecule has 3 aromatic rings. The molecule has 1 aliphatic heterocycles. The second-order valence-electron chi connectivity index (χ2n) is 6.84. The highest BCUT2D eigenvalue weighted by Gasteiger charge is 2.32. The van der Waals surface area contributed by atoms with Crippen molar-refractivity contribution in [2.45, 2.75) is 13.5 Å². The van der Waals surface area contributed by atoms with E-state index in [1.807, 2.05) is 23.8 Å². The molecule has 2 N–H and O–H groups in total. The largest absolute Gasteiger partial charge is 0.495 e. The highest BCUT2D eigenvalue weighted by molar-refractivity contribution is 7.08. The van der Waals surface area contributed by atoms with Gasteiger partial charge in [-0.05, 0) is 24.4 Å². The first-order chi connectivity index (χ1) is 14.9. The molecule has 0 saturated heterocycles.